The van der Waals surface area contributed by atoms with Gasteiger partial charge in [0, 0.05) is 12.1 Å². The highest BCUT2D eigenvalue weighted by molar-refractivity contribution is 7.89. The Hall–Kier alpha value is -1.80. The number of benzene rings is 1. The average Bonchev–Trinajstić information content (AvgIpc) is 3.06. The Kier molecular flexibility index (Phi) is 6.06. The molecule has 0 unspecified atom stereocenters. The fourth-order valence-corrected chi connectivity index (χ4v) is 3.95. The van der Waals surface area contributed by atoms with Crippen molar-refractivity contribution < 1.29 is 22.7 Å². The molecule has 0 radical (unpaired) electrons. The number of carbonyl (C=O) groups is 1. The van der Waals surface area contributed by atoms with Crippen LogP contribution in [0.3, 0.4) is 0 Å². The molecule has 1 saturated carbocycles. The van der Waals surface area contributed by atoms with Crippen LogP contribution in [0.1, 0.15) is 32.6 Å². The molecule has 1 aromatic rings. The van der Waals surface area contributed by atoms with E-state index in [2.05, 4.69) is 10.0 Å². The van der Waals surface area contributed by atoms with Gasteiger partial charge >= 0.3 is 0 Å². The van der Waals surface area contributed by atoms with Gasteiger partial charge in [-0.1, -0.05) is 12.8 Å². The first-order valence-corrected chi connectivity index (χ1v) is 9.40. The second-order valence-electron chi connectivity index (χ2n) is 5.85. The van der Waals surface area contributed by atoms with E-state index < -0.39 is 16.1 Å². The summed E-state index contributed by atoms with van der Waals surface area (Å²) in [5, 5.41) is 2.88. The summed E-state index contributed by atoms with van der Waals surface area (Å²) in [4.78, 5) is 12.2. The Morgan fingerprint density at radius 3 is 2.38 bits per heavy atom. The minimum Gasteiger partial charge on any atom is -0.493 e. The van der Waals surface area contributed by atoms with E-state index in [0.29, 0.717) is 11.5 Å². The first kappa shape index (κ1) is 18.5. The van der Waals surface area contributed by atoms with Gasteiger partial charge < -0.3 is 14.8 Å². The molecule has 0 aromatic heterocycles. The predicted molar refractivity (Wildman–Crippen MR) is 89.7 cm³/mol. The molecule has 134 valence electrons. The number of hydrogen-bond donors (Lipinski definition) is 2. The van der Waals surface area contributed by atoms with Crippen molar-refractivity contribution in [3.8, 4) is 11.5 Å². The lowest BCUT2D eigenvalue weighted by Gasteiger charge is -2.18. The summed E-state index contributed by atoms with van der Waals surface area (Å²) in [6.07, 6.45) is 4.08. The van der Waals surface area contributed by atoms with Crippen LogP contribution in [0.5, 0.6) is 11.5 Å². The predicted octanol–water partition coefficient (Wildman–Crippen LogP) is 1.43. The SMILES string of the molecule is COc1ccc(S(=O)(=O)N[C@@H](C)C(=O)NC2CCCC2)cc1OC. The monoisotopic (exact) mass is 356 g/mol. The Balaban J connectivity index is 2.08. The highest BCUT2D eigenvalue weighted by Crippen LogP contribution is 2.29. The van der Waals surface area contributed by atoms with Crippen LogP contribution in [0.25, 0.3) is 0 Å². The van der Waals surface area contributed by atoms with Crippen LogP contribution in [0.4, 0.5) is 0 Å². The van der Waals surface area contributed by atoms with Crippen molar-refractivity contribution in [1.29, 1.82) is 0 Å². The summed E-state index contributed by atoms with van der Waals surface area (Å²) in [6.45, 7) is 1.53. The average molecular weight is 356 g/mol. The highest BCUT2D eigenvalue weighted by atomic mass is 32.2. The lowest BCUT2D eigenvalue weighted by atomic mass is 10.2. The topological polar surface area (TPSA) is 93.7 Å². The maximum atomic E-state index is 12.5. The zero-order chi connectivity index (χ0) is 17.7. The summed E-state index contributed by atoms with van der Waals surface area (Å²) < 4.78 is 37.5. The van der Waals surface area contributed by atoms with Crippen molar-refractivity contribution in [1.82, 2.24) is 10.0 Å². The van der Waals surface area contributed by atoms with Gasteiger partial charge in [-0.25, -0.2) is 8.42 Å². The van der Waals surface area contributed by atoms with Gasteiger partial charge in [0.1, 0.15) is 0 Å². The fourth-order valence-electron chi connectivity index (χ4n) is 2.73. The Morgan fingerprint density at radius 1 is 1.17 bits per heavy atom. The molecule has 0 saturated heterocycles. The molecule has 0 heterocycles. The van der Waals surface area contributed by atoms with E-state index in [9.17, 15) is 13.2 Å². The minimum absolute atomic E-state index is 0.0145. The molecule has 0 aliphatic heterocycles. The number of sulfonamides is 1. The smallest absolute Gasteiger partial charge is 0.241 e. The summed E-state index contributed by atoms with van der Waals surface area (Å²) in [6, 6.07) is 3.57. The third-order valence-electron chi connectivity index (χ3n) is 4.09. The molecule has 1 fully saturated rings. The van der Waals surface area contributed by atoms with Crippen LogP contribution in [0.2, 0.25) is 0 Å². The molecule has 1 amide bonds. The lowest BCUT2D eigenvalue weighted by molar-refractivity contribution is -0.123. The maximum Gasteiger partial charge on any atom is 0.241 e. The van der Waals surface area contributed by atoms with Gasteiger partial charge in [0.25, 0.3) is 0 Å². The zero-order valence-corrected chi connectivity index (χ0v) is 15.0. The van der Waals surface area contributed by atoms with Crippen LogP contribution >= 0.6 is 0 Å². The molecule has 0 bridgehead atoms. The summed E-state index contributed by atoms with van der Waals surface area (Å²) in [5.41, 5.74) is 0. The van der Waals surface area contributed by atoms with Crippen molar-refractivity contribution in [2.45, 2.75) is 49.6 Å². The van der Waals surface area contributed by atoms with E-state index in [4.69, 9.17) is 9.47 Å². The van der Waals surface area contributed by atoms with Gasteiger partial charge in [-0.05, 0) is 31.9 Å². The van der Waals surface area contributed by atoms with Crippen molar-refractivity contribution in [2.75, 3.05) is 14.2 Å². The van der Waals surface area contributed by atoms with Crippen molar-refractivity contribution in [3.05, 3.63) is 18.2 Å². The summed E-state index contributed by atoms with van der Waals surface area (Å²) in [5.74, 6) is 0.429. The number of amides is 1. The molecule has 1 aliphatic rings. The largest absolute Gasteiger partial charge is 0.493 e. The van der Waals surface area contributed by atoms with Crippen molar-refractivity contribution >= 4 is 15.9 Å². The zero-order valence-electron chi connectivity index (χ0n) is 14.2. The third kappa shape index (κ3) is 4.39. The van der Waals surface area contributed by atoms with Gasteiger partial charge in [0.15, 0.2) is 11.5 Å². The Bertz CT molecular complexity index is 684. The van der Waals surface area contributed by atoms with Crippen molar-refractivity contribution in [3.63, 3.8) is 0 Å². The van der Waals surface area contributed by atoms with E-state index in [1.54, 1.807) is 0 Å². The summed E-state index contributed by atoms with van der Waals surface area (Å²) >= 11 is 0. The Labute approximate surface area is 142 Å². The van der Waals surface area contributed by atoms with Gasteiger partial charge in [0.2, 0.25) is 15.9 Å². The molecular formula is C16H24N2O5S. The molecule has 0 spiro atoms. The van der Waals surface area contributed by atoms with E-state index in [-0.39, 0.29) is 16.8 Å². The fraction of sp³-hybridized carbons (Fsp3) is 0.562. The lowest BCUT2D eigenvalue weighted by Crippen LogP contribution is -2.47. The third-order valence-corrected chi connectivity index (χ3v) is 5.63. The van der Waals surface area contributed by atoms with Crippen LogP contribution in [0, 0.1) is 0 Å². The second kappa shape index (κ2) is 7.85. The molecule has 1 aromatic carbocycles. The molecule has 1 atom stereocenters. The molecule has 8 heteroatoms. The van der Waals surface area contributed by atoms with Gasteiger partial charge in [-0.3, -0.25) is 4.79 Å². The highest BCUT2D eigenvalue weighted by Gasteiger charge is 2.25. The van der Waals surface area contributed by atoms with E-state index >= 15 is 0 Å². The minimum atomic E-state index is -3.84. The number of ether oxygens (including phenoxy) is 2. The van der Waals surface area contributed by atoms with Crippen molar-refractivity contribution in [2.24, 2.45) is 0 Å². The number of hydrogen-bond acceptors (Lipinski definition) is 5. The van der Waals surface area contributed by atoms with Crippen LogP contribution in [-0.2, 0) is 14.8 Å². The number of carbonyl (C=O) groups excluding carboxylic acids is 1. The molecule has 2 N–H and O–H groups in total. The molecule has 7 nitrogen and oxygen atoms in total. The first-order valence-electron chi connectivity index (χ1n) is 7.92. The first-order chi connectivity index (χ1) is 11.4. The van der Waals surface area contributed by atoms with E-state index in [1.807, 2.05) is 0 Å². The molecule has 2 rings (SSSR count). The van der Waals surface area contributed by atoms with Gasteiger partial charge in [-0.15, -0.1) is 0 Å². The number of rotatable bonds is 7. The van der Waals surface area contributed by atoms with Crippen LogP contribution in [0.15, 0.2) is 23.1 Å². The standard InChI is InChI=1S/C16H24N2O5S/c1-11(16(19)17-12-6-4-5-7-12)18-24(20,21)13-8-9-14(22-2)15(10-13)23-3/h8-12,18H,4-7H2,1-3H3,(H,17,19)/t11-/m0/s1. The quantitative estimate of drug-likeness (QED) is 0.771. The van der Waals surface area contributed by atoms with Gasteiger partial charge in [0.05, 0.1) is 25.2 Å². The van der Waals surface area contributed by atoms with E-state index in [0.717, 1.165) is 25.7 Å². The second-order valence-corrected chi connectivity index (χ2v) is 7.56. The molecule has 1 aliphatic carbocycles. The molecule has 24 heavy (non-hydrogen) atoms. The summed E-state index contributed by atoms with van der Waals surface area (Å²) in [7, 11) is -0.940. The van der Waals surface area contributed by atoms with Gasteiger partial charge in [-0.2, -0.15) is 4.72 Å². The normalized spacial score (nSPS) is 16.6. The van der Waals surface area contributed by atoms with E-state index in [1.165, 1.54) is 39.3 Å². The number of methoxy groups -OCH3 is 2. The number of nitrogens with one attached hydrogen (secondary N) is 2. The van der Waals surface area contributed by atoms with Crippen LogP contribution in [-0.4, -0.2) is 40.6 Å². The Morgan fingerprint density at radius 2 is 1.79 bits per heavy atom. The van der Waals surface area contributed by atoms with Crippen LogP contribution < -0.4 is 19.5 Å². The molecular weight excluding hydrogens is 332 g/mol. The maximum absolute atomic E-state index is 12.5.